The molecule has 4 rings (SSSR count). The van der Waals surface area contributed by atoms with Crippen molar-refractivity contribution in [2.24, 2.45) is 0 Å². The van der Waals surface area contributed by atoms with E-state index in [9.17, 15) is 5.11 Å². The maximum absolute atomic E-state index is 15.7. The van der Waals surface area contributed by atoms with Crippen molar-refractivity contribution in [2.45, 2.75) is 32.3 Å². The molecule has 2 aromatic heterocycles. The van der Waals surface area contributed by atoms with E-state index >= 15 is 4.39 Å². The number of fused-ring (bicyclic) bond motifs is 1. The summed E-state index contributed by atoms with van der Waals surface area (Å²) < 4.78 is 21.5. The number of hydrogen-bond donors (Lipinski definition) is 4. The molecule has 0 aromatic carbocycles. The molecule has 2 aliphatic rings. The fourth-order valence-electron chi connectivity index (χ4n) is 3.75. The van der Waals surface area contributed by atoms with Crippen LogP contribution in [-0.2, 0) is 0 Å². The summed E-state index contributed by atoms with van der Waals surface area (Å²) in [6.45, 7) is 3.76. The van der Waals surface area contributed by atoms with Gasteiger partial charge in [0.2, 0.25) is 0 Å². The van der Waals surface area contributed by atoms with Gasteiger partial charge < -0.3 is 25.8 Å². The molecule has 8 heteroatoms. The third-order valence-electron chi connectivity index (χ3n) is 5.17. The fourth-order valence-corrected chi connectivity index (χ4v) is 3.75. The van der Waals surface area contributed by atoms with Gasteiger partial charge in [-0.1, -0.05) is 6.08 Å². The first kappa shape index (κ1) is 19.6. The monoisotopic (exact) mass is 399 g/mol. The van der Waals surface area contributed by atoms with Crippen molar-refractivity contribution in [3.05, 3.63) is 41.0 Å². The van der Waals surface area contributed by atoms with E-state index in [1.165, 1.54) is 0 Å². The van der Waals surface area contributed by atoms with Crippen molar-refractivity contribution in [1.29, 1.82) is 0 Å². The van der Waals surface area contributed by atoms with E-state index in [0.29, 0.717) is 42.4 Å². The minimum absolute atomic E-state index is 0.0431. The molecule has 0 saturated carbocycles. The van der Waals surface area contributed by atoms with Gasteiger partial charge in [0, 0.05) is 37.5 Å². The Morgan fingerprint density at radius 2 is 2.17 bits per heavy atom. The van der Waals surface area contributed by atoms with Crippen LogP contribution in [0.2, 0.25) is 0 Å². The van der Waals surface area contributed by atoms with E-state index in [4.69, 9.17) is 4.74 Å². The van der Waals surface area contributed by atoms with Crippen LogP contribution >= 0.6 is 0 Å². The third-order valence-corrected chi connectivity index (χ3v) is 5.17. The van der Waals surface area contributed by atoms with E-state index in [2.05, 4.69) is 25.9 Å². The topological polar surface area (TPSA) is 91.3 Å². The van der Waals surface area contributed by atoms with Gasteiger partial charge in [-0.2, -0.15) is 0 Å². The predicted octanol–water partition coefficient (Wildman–Crippen LogP) is 3.29. The molecule has 0 amide bonds. The van der Waals surface area contributed by atoms with Crippen LogP contribution in [0.5, 0.6) is 5.75 Å². The number of nitrogens with zero attached hydrogens (tertiary/aromatic N) is 2. The maximum atomic E-state index is 15.7. The number of hydrogen-bond acceptors (Lipinski definition) is 7. The third kappa shape index (κ3) is 4.04. The Hall–Kier alpha value is -2.71. The summed E-state index contributed by atoms with van der Waals surface area (Å²) in [5.74, 6) is 0.393. The molecule has 7 nitrogen and oxygen atoms in total. The van der Waals surface area contributed by atoms with Crippen LogP contribution < -0.4 is 20.7 Å². The van der Waals surface area contributed by atoms with Crippen molar-refractivity contribution in [2.75, 3.05) is 37.4 Å². The lowest BCUT2D eigenvalue weighted by atomic mass is 9.96. The first-order valence-corrected chi connectivity index (χ1v) is 9.94. The highest BCUT2D eigenvalue weighted by molar-refractivity contribution is 5.76. The molecule has 4 heterocycles. The number of aliphatic hydroxyl groups is 1. The largest absolute Gasteiger partial charge is 0.491 e. The Bertz CT molecular complexity index is 947. The van der Waals surface area contributed by atoms with Gasteiger partial charge in [-0.15, -0.1) is 0 Å². The SMILES string of the molecule is CNc1cc(C)nc(Nc2nc3c(c(C4=CCNCCC4)c2F)OCC[C@H]3O)c1. The zero-order valence-electron chi connectivity index (χ0n) is 16.7. The van der Waals surface area contributed by atoms with Crippen molar-refractivity contribution in [3.8, 4) is 5.75 Å². The molecule has 0 saturated heterocycles. The van der Waals surface area contributed by atoms with Gasteiger partial charge in [0.15, 0.2) is 17.4 Å². The van der Waals surface area contributed by atoms with Gasteiger partial charge >= 0.3 is 0 Å². The highest BCUT2D eigenvalue weighted by atomic mass is 19.1. The molecule has 1 atom stereocenters. The summed E-state index contributed by atoms with van der Waals surface area (Å²) >= 11 is 0. The van der Waals surface area contributed by atoms with E-state index in [1.807, 2.05) is 26.1 Å². The quantitative estimate of drug-likeness (QED) is 0.627. The van der Waals surface area contributed by atoms with Gasteiger partial charge in [0.05, 0.1) is 12.2 Å². The Morgan fingerprint density at radius 1 is 1.31 bits per heavy atom. The van der Waals surface area contributed by atoms with Crippen molar-refractivity contribution in [3.63, 3.8) is 0 Å². The molecule has 0 spiro atoms. The fraction of sp³-hybridized carbons (Fsp3) is 0.429. The minimum Gasteiger partial charge on any atom is -0.491 e. The number of nitrogens with one attached hydrogen (secondary N) is 3. The van der Waals surface area contributed by atoms with Gasteiger partial charge in [-0.05, 0) is 37.9 Å². The van der Waals surface area contributed by atoms with Crippen molar-refractivity contribution in [1.82, 2.24) is 15.3 Å². The number of aromatic nitrogens is 2. The Kier molecular flexibility index (Phi) is 5.64. The molecule has 0 unspecified atom stereocenters. The Labute approximate surface area is 169 Å². The molecule has 2 aromatic rings. The van der Waals surface area contributed by atoms with E-state index in [0.717, 1.165) is 36.3 Å². The Balaban J connectivity index is 1.82. The van der Waals surface area contributed by atoms with Gasteiger partial charge in [0.1, 0.15) is 17.6 Å². The van der Waals surface area contributed by atoms with E-state index in [1.54, 1.807) is 6.07 Å². The minimum atomic E-state index is -0.790. The van der Waals surface area contributed by atoms with Gasteiger partial charge in [-0.3, -0.25) is 0 Å². The lowest BCUT2D eigenvalue weighted by Crippen LogP contribution is -2.19. The second kappa shape index (κ2) is 8.34. The number of aliphatic hydroxyl groups excluding tert-OH is 1. The maximum Gasteiger partial charge on any atom is 0.177 e. The summed E-state index contributed by atoms with van der Waals surface area (Å²) in [7, 11) is 1.81. The lowest BCUT2D eigenvalue weighted by Gasteiger charge is -2.26. The molecule has 0 fully saturated rings. The van der Waals surface area contributed by atoms with Crippen LogP contribution in [0.25, 0.3) is 5.57 Å². The molecular weight excluding hydrogens is 373 g/mol. The van der Waals surface area contributed by atoms with Crippen LogP contribution in [0.15, 0.2) is 18.2 Å². The molecule has 0 aliphatic carbocycles. The van der Waals surface area contributed by atoms with Crippen LogP contribution in [-0.4, -0.2) is 41.8 Å². The summed E-state index contributed by atoms with van der Waals surface area (Å²) in [6.07, 6.45) is 3.26. The average molecular weight is 399 g/mol. The van der Waals surface area contributed by atoms with Crippen LogP contribution in [0.4, 0.5) is 21.7 Å². The standard InChI is InChI=1S/C21H26FN5O2/c1-12-10-14(23-2)11-16(25-12)26-21-18(22)17(13-4-3-7-24-8-5-13)20-19(27-21)15(28)6-9-29-20/h5,10-11,15,24,28H,3-4,6-9H2,1-2H3,(H2,23,25,26,27)/t15-/m1/s1. The smallest absolute Gasteiger partial charge is 0.177 e. The molecule has 0 radical (unpaired) electrons. The lowest BCUT2D eigenvalue weighted by molar-refractivity contribution is 0.110. The zero-order valence-corrected chi connectivity index (χ0v) is 16.7. The number of allylic oxidation sites excluding steroid dienone is 1. The number of anilines is 3. The Morgan fingerprint density at radius 3 is 3.00 bits per heavy atom. The second-order valence-electron chi connectivity index (χ2n) is 7.31. The van der Waals surface area contributed by atoms with Crippen molar-refractivity contribution < 1.29 is 14.2 Å². The molecule has 2 aliphatic heterocycles. The van der Waals surface area contributed by atoms with Crippen LogP contribution in [0.3, 0.4) is 0 Å². The highest BCUT2D eigenvalue weighted by Gasteiger charge is 2.30. The molecular formula is C21H26FN5O2. The van der Waals surface area contributed by atoms with Crippen LogP contribution in [0.1, 0.15) is 42.3 Å². The number of pyridine rings is 2. The molecule has 29 heavy (non-hydrogen) atoms. The van der Waals surface area contributed by atoms with E-state index < -0.39 is 11.9 Å². The average Bonchev–Trinajstić information content (AvgIpc) is 2.98. The number of ether oxygens (including phenoxy) is 1. The van der Waals surface area contributed by atoms with Crippen molar-refractivity contribution >= 4 is 22.9 Å². The molecule has 0 bridgehead atoms. The van der Waals surface area contributed by atoms with Gasteiger partial charge in [-0.25, -0.2) is 14.4 Å². The predicted molar refractivity (Wildman–Crippen MR) is 111 cm³/mol. The van der Waals surface area contributed by atoms with Gasteiger partial charge in [0.25, 0.3) is 0 Å². The summed E-state index contributed by atoms with van der Waals surface area (Å²) in [4.78, 5) is 8.82. The number of rotatable bonds is 4. The molecule has 4 N–H and O–H groups in total. The normalized spacial score (nSPS) is 18.9. The van der Waals surface area contributed by atoms with Crippen LogP contribution in [0, 0.1) is 12.7 Å². The van der Waals surface area contributed by atoms with E-state index in [-0.39, 0.29) is 5.82 Å². The zero-order chi connectivity index (χ0) is 20.4. The summed E-state index contributed by atoms with van der Waals surface area (Å²) in [5, 5.41) is 19.9. The highest BCUT2D eigenvalue weighted by Crippen LogP contribution is 2.42. The summed E-state index contributed by atoms with van der Waals surface area (Å²) in [5.41, 5.74) is 3.28. The number of halogens is 1. The molecule has 154 valence electrons. The first-order valence-electron chi connectivity index (χ1n) is 9.94. The summed E-state index contributed by atoms with van der Waals surface area (Å²) in [6, 6.07) is 3.68. The number of aryl methyl sites for hydroxylation is 1. The second-order valence-corrected chi connectivity index (χ2v) is 7.31. The first-order chi connectivity index (χ1) is 14.1.